The van der Waals surface area contributed by atoms with Crippen molar-refractivity contribution in [1.82, 2.24) is 0 Å². The van der Waals surface area contributed by atoms with Crippen LogP contribution >= 0.6 is 0 Å². The molecule has 5 heteroatoms. The van der Waals surface area contributed by atoms with Crippen LogP contribution in [0.1, 0.15) is 91.9 Å². The zero-order valence-corrected chi connectivity index (χ0v) is 22.1. The van der Waals surface area contributed by atoms with Gasteiger partial charge in [0.2, 0.25) is 0 Å². The first-order chi connectivity index (χ1) is 11.0. The van der Waals surface area contributed by atoms with Gasteiger partial charge in [-0.25, -0.2) is 0 Å². The molecule has 2 aliphatic carbocycles. The first-order valence-corrected chi connectivity index (χ1v) is 9.44. The monoisotopic (exact) mass is 540 g/mol. The molecule has 0 heterocycles. The summed E-state index contributed by atoms with van der Waals surface area (Å²) >= 11 is 0. The number of hydrogen-bond donors (Lipinski definition) is 0. The van der Waals surface area contributed by atoms with E-state index in [1.54, 1.807) is 0 Å². The van der Waals surface area contributed by atoms with E-state index >= 15 is 0 Å². The molecule has 0 aromatic heterocycles. The standard InChI is InChI=1S/2C10H18O2.Hg/c2*1-10(2)6-4-3-5-8(10)7-9(11)12;/h2*8H,3-7H2,1-2H3,(H,11,12);/q;;+2/p-2. The van der Waals surface area contributed by atoms with E-state index in [1.165, 1.54) is 25.7 Å². The van der Waals surface area contributed by atoms with Crippen molar-refractivity contribution in [2.75, 3.05) is 0 Å². The number of carbonyl (C=O) groups is 2. The van der Waals surface area contributed by atoms with Gasteiger partial charge in [-0.3, -0.25) is 0 Å². The molecule has 0 bridgehead atoms. The second-order valence-electron chi connectivity index (χ2n) is 9.01. The molecular formula is C20H34HgO4. The fourth-order valence-corrected chi connectivity index (χ4v) is 4.29. The van der Waals surface area contributed by atoms with Gasteiger partial charge in [-0.1, -0.05) is 53.4 Å². The minimum absolute atomic E-state index is 0. The molecule has 0 N–H and O–H groups in total. The summed E-state index contributed by atoms with van der Waals surface area (Å²) in [4.78, 5) is 20.9. The van der Waals surface area contributed by atoms with Crippen LogP contribution in [0.5, 0.6) is 0 Å². The molecule has 0 aromatic carbocycles. The third-order valence-corrected chi connectivity index (χ3v) is 6.28. The van der Waals surface area contributed by atoms with Gasteiger partial charge in [0.15, 0.2) is 0 Å². The third kappa shape index (κ3) is 8.88. The molecule has 0 amide bonds. The Balaban J connectivity index is 0.000000443. The minimum Gasteiger partial charge on any atom is -0.550 e. The largest absolute Gasteiger partial charge is 2.00 e. The van der Waals surface area contributed by atoms with E-state index in [2.05, 4.69) is 27.7 Å². The van der Waals surface area contributed by atoms with Gasteiger partial charge in [0.1, 0.15) is 0 Å². The summed E-state index contributed by atoms with van der Waals surface area (Å²) < 4.78 is 0. The Hall–Kier alpha value is -0.125. The Bertz CT molecular complexity index is 391. The molecule has 2 unspecified atom stereocenters. The zero-order valence-electron chi connectivity index (χ0n) is 16.6. The summed E-state index contributed by atoms with van der Waals surface area (Å²) in [5.41, 5.74) is 0.413. The van der Waals surface area contributed by atoms with Gasteiger partial charge in [0.25, 0.3) is 0 Å². The van der Waals surface area contributed by atoms with E-state index < -0.39 is 11.9 Å². The molecule has 0 aromatic rings. The van der Waals surface area contributed by atoms with Crippen LogP contribution in [-0.2, 0) is 37.3 Å². The number of carboxylic acids is 2. The van der Waals surface area contributed by atoms with Gasteiger partial charge in [-0.2, -0.15) is 0 Å². The second kappa shape index (κ2) is 10.9. The van der Waals surface area contributed by atoms with Crippen molar-refractivity contribution in [2.45, 2.75) is 91.9 Å². The van der Waals surface area contributed by atoms with E-state index in [-0.39, 0.29) is 51.3 Å². The van der Waals surface area contributed by atoms with E-state index in [9.17, 15) is 19.8 Å². The van der Waals surface area contributed by atoms with Crippen LogP contribution < -0.4 is 10.2 Å². The van der Waals surface area contributed by atoms with Crippen molar-refractivity contribution in [2.24, 2.45) is 22.7 Å². The van der Waals surface area contributed by atoms with E-state index in [4.69, 9.17) is 0 Å². The molecule has 2 rings (SSSR count). The van der Waals surface area contributed by atoms with E-state index in [0.717, 1.165) is 25.7 Å². The van der Waals surface area contributed by atoms with Gasteiger partial charge < -0.3 is 19.8 Å². The molecule has 0 aliphatic heterocycles. The second-order valence-corrected chi connectivity index (χ2v) is 9.01. The van der Waals surface area contributed by atoms with Crippen LogP contribution in [0.2, 0.25) is 0 Å². The molecule has 4 nitrogen and oxygen atoms in total. The van der Waals surface area contributed by atoms with Crippen LogP contribution in [0.4, 0.5) is 0 Å². The predicted octanol–water partition coefficient (Wildman–Crippen LogP) is 2.68. The van der Waals surface area contributed by atoms with Crippen LogP contribution in [-0.4, -0.2) is 11.9 Å². The number of hydrogen-bond acceptors (Lipinski definition) is 4. The summed E-state index contributed by atoms with van der Waals surface area (Å²) in [7, 11) is 0. The number of rotatable bonds is 4. The summed E-state index contributed by atoms with van der Waals surface area (Å²) in [5, 5.41) is 20.9. The molecule has 25 heavy (non-hydrogen) atoms. The van der Waals surface area contributed by atoms with Crippen LogP contribution in [0.3, 0.4) is 0 Å². The van der Waals surface area contributed by atoms with Gasteiger partial charge >= 0.3 is 27.7 Å². The van der Waals surface area contributed by atoms with E-state index in [1.807, 2.05) is 0 Å². The van der Waals surface area contributed by atoms with Crippen LogP contribution in [0.25, 0.3) is 0 Å². The molecule has 2 saturated carbocycles. The van der Waals surface area contributed by atoms with Crippen LogP contribution in [0.15, 0.2) is 0 Å². The van der Waals surface area contributed by atoms with E-state index in [0.29, 0.717) is 11.8 Å². The Kier molecular flexibility index (Phi) is 10.8. The Morgan fingerprint density at radius 2 is 1.08 bits per heavy atom. The average Bonchev–Trinajstić information content (AvgIpc) is 2.43. The number of carboxylic acid groups (broad SMARTS) is 2. The fourth-order valence-electron chi connectivity index (χ4n) is 4.29. The minimum atomic E-state index is -0.894. The van der Waals surface area contributed by atoms with Gasteiger partial charge in [0, 0.05) is 11.9 Å². The predicted molar refractivity (Wildman–Crippen MR) is 90.7 cm³/mol. The quantitative estimate of drug-likeness (QED) is 0.515. The molecule has 0 saturated heterocycles. The van der Waals surface area contributed by atoms with Crippen molar-refractivity contribution in [1.29, 1.82) is 0 Å². The molecule has 0 radical (unpaired) electrons. The molecule has 2 aliphatic rings. The maximum atomic E-state index is 10.4. The normalized spacial score (nSPS) is 27.2. The first-order valence-electron chi connectivity index (χ1n) is 9.44. The summed E-state index contributed by atoms with van der Waals surface area (Å²) in [6.07, 6.45) is 9.77. The van der Waals surface area contributed by atoms with Crippen molar-refractivity contribution in [3.63, 3.8) is 0 Å². The van der Waals surface area contributed by atoms with Crippen molar-refractivity contribution < 1.29 is 47.5 Å². The van der Waals surface area contributed by atoms with Crippen LogP contribution in [0, 0.1) is 22.7 Å². The number of aliphatic carboxylic acids is 2. The Morgan fingerprint density at radius 3 is 1.32 bits per heavy atom. The maximum Gasteiger partial charge on any atom is 2.00 e. The van der Waals surface area contributed by atoms with Crippen molar-refractivity contribution in [3.8, 4) is 0 Å². The molecule has 140 valence electrons. The fraction of sp³-hybridized carbons (Fsp3) is 0.900. The van der Waals surface area contributed by atoms with Gasteiger partial charge in [0.05, 0.1) is 0 Å². The average molecular weight is 539 g/mol. The first kappa shape index (κ1) is 24.9. The Morgan fingerprint density at radius 1 is 0.760 bits per heavy atom. The van der Waals surface area contributed by atoms with Gasteiger partial charge in [-0.15, -0.1) is 0 Å². The van der Waals surface area contributed by atoms with Gasteiger partial charge in [-0.05, 0) is 61.2 Å². The smallest absolute Gasteiger partial charge is 0.550 e. The molecular weight excluding hydrogens is 505 g/mol. The summed E-state index contributed by atoms with van der Waals surface area (Å²) in [5.74, 6) is -1.13. The Labute approximate surface area is 173 Å². The SMILES string of the molecule is CC1(C)CCCCC1CC(=O)[O-].CC1(C)CCCCC1CC(=O)[O-].[Hg+2]. The molecule has 2 atom stereocenters. The molecule has 2 fully saturated rings. The zero-order chi connectivity index (χ0) is 18.4. The topological polar surface area (TPSA) is 80.3 Å². The van der Waals surface area contributed by atoms with Crippen molar-refractivity contribution in [3.05, 3.63) is 0 Å². The summed E-state index contributed by atoms with van der Waals surface area (Å²) in [6.45, 7) is 8.67. The third-order valence-electron chi connectivity index (χ3n) is 6.28. The maximum absolute atomic E-state index is 10.4. The summed E-state index contributed by atoms with van der Waals surface area (Å²) in [6, 6.07) is 0. The molecule has 0 spiro atoms. The number of carbonyl (C=O) groups excluding carboxylic acids is 2. The van der Waals surface area contributed by atoms with Crippen molar-refractivity contribution >= 4 is 11.9 Å².